The Bertz CT molecular complexity index is 608. The first kappa shape index (κ1) is 15.1. The molecule has 0 N–H and O–H groups in total. The van der Waals surface area contributed by atoms with E-state index in [0.717, 1.165) is 5.56 Å². The van der Waals surface area contributed by atoms with Gasteiger partial charge in [0.1, 0.15) is 17.1 Å². The van der Waals surface area contributed by atoms with Gasteiger partial charge < -0.3 is 9.47 Å². The summed E-state index contributed by atoms with van der Waals surface area (Å²) in [6, 6.07) is 15.1. The van der Waals surface area contributed by atoms with Crippen LogP contribution in [-0.2, 0) is 5.41 Å². The van der Waals surface area contributed by atoms with Crippen LogP contribution in [0.5, 0.6) is 11.5 Å². The second-order valence-corrected chi connectivity index (χ2v) is 5.36. The predicted molar refractivity (Wildman–Crippen MR) is 83.3 cm³/mol. The van der Waals surface area contributed by atoms with Crippen molar-refractivity contribution in [3.05, 3.63) is 59.7 Å². The fourth-order valence-corrected chi connectivity index (χ4v) is 2.37. The van der Waals surface area contributed by atoms with E-state index in [4.69, 9.17) is 9.47 Å². The van der Waals surface area contributed by atoms with Crippen LogP contribution in [0.1, 0.15) is 29.8 Å². The van der Waals surface area contributed by atoms with Crippen LogP contribution in [0.4, 0.5) is 0 Å². The Labute approximate surface area is 125 Å². The third-order valence-electron chi connectivity index (χ3n) is 3.72. The summed E-state index contributed by atoms with van der Waals surface area (Å²) in [6.07, 6.45) is 0. The van der Waals surface area contributed by atoms with Crippen LogP contribution in [0.3, 0.4) is 0 Å². The summed E-state index contributed by atoms with van der Waals surface area (Å²) in [5, 5.41) is 0. The molecule has 0 spiro atoms. The fraction of sp³-hybridized carbons (Fsp3) is 0.278. The highest BCUT2D eigenvalue weighted by Crippen LogP contribution is 2.36. The maximum absolute atomic E-state index is 13.1. The first-order valence-electron chi connectivity index (χ1n) is 6.83. The van der Waals surface area contributed by atoms with E-state index < -0.39 is 5.41 Å². The van der Waals surface area contributed by atoms with E-state index in [2.05, 4.69) is 0 Å². The second-order valence-electron chi connectivity index (χ2n) is 5.36. The van der Waals surface area contributed by atoms with Gasteiger partial charge in [-0.2, -0.15) is 0 Å². The number of Topliss-reactive ketones (excluding diaryl/α,β-unsaturated/α-hetero) is 1. The molecule has 0 bridgehead atoms. The Kier molecular flexibility index (Phi) is 4.32. The lowest BCUT2D eigenvalue weighted by molar-refractivity contribution is 0.0902. The van der Waals surface area contributed by atoms with Crippen LogP contribution in [0, 0.1) is 0 Å². The normalized spacial score (nSPS) is 11.0. The Morgan fingerprint density at radius 3 is 1.86 bits per heavy atom. The highest BCUT2D eigenvalue weighted by atomic mass is 16.5. The van der Waals surface area contributed by atoms with Crippen molar-refractivity contribution in [2.45, 2.75) is 19.3 Å². The molecule has 0 saturated carbocycles. The molecule has 2 rings (SSSR count). The molecule has 110 valence electrons. The minimum atomic E-state index is -0.664. The van der Waals surface area contributed by atoms with Gasteiger partial charge in [-0.05, 0) is 31.5 Å². The van der Waals surface area contributed by atoms with E-state index in [1.165, 1.54) is 0 Å². The highest BCUT2D eigenvalue weighted by molar-refractivity contribution is 6.07. The molecule has 0 atom stereocenters. The van der Waals surface area contributed by atoms with Gasteiger partial charge in [-0.3, -0.25) is 4.79 Å². The molecule has 3 heteroatoms. The lowest BCUT2D eigenvalue weighted by atomic mass is 9.77. The summed E-state index contributed by atoms with van der Waals surface area (Å²) in [5.74, 6) is 1.04. The zero-order chi connectivity index (χ0) is 15.5. The van der Waals surface area contributed by atoms with Gasteiger partial charge in [0, 0.05) is 0 Å². The number of carbonyl (C=O) groups excluding carboxylic acids is 1. The van der Waals surface area contributed by atoms with Crippen LogP contribution in [0.15, 0.2) is 48.5 Å². The first-order chi connectivity index (χ1) is 10.0. The molecule has 0 amide bonds. The summed E-state index contributed by atoms with van der Waals surface area (Å²) in [6.45, 7) is 3.83. The van der Waals surface area contributed by atoms with Gasteiger partial charge in [0.25, 0.3) is 0 Å². The molecular weight excluding hydrogens is 264 g/mol. The molecule has 0 unspecified atom stereocenters. The van der Waals surface area contributed by atoms with E-state index in [0.29, 0.717) is 17.1 Å². The third kappa shape index (κ3) is 2.77. The van der Waals surface area contributed by atoms with E-state index in [1.54, 1.807) is 26.4 Å². The molecule has 21 heavy (non-hydrogen) atoms. The van der Waals surface area contributed by atoms with Crippen LogP contribution in [-0.4, -0.2) is 20.0 Å². The number of ketones is 1. The Hall–Kier alpha value is -2.29. The van der Waals surface area contributed by atoms with Crippen molar-refractivity contribution in [2.75, 3.05) is 14.2 Å². The smallest absolute Gasteiger partial charge is 0.180 e. The van der Waals surface area contributed by atoms with Gasteiger partial charge in [-0.15, -0.1) is 0 Å². The van der Waals surface area contributed by atoms with Crippen molar-refractivity contribution in [3.8, 4) is 11.5 Å². The number of rotatable bonds is 5. The molecule has 0 saturated heterocycles. The van der Waals surface area contributed by atoms with Gasteiger partial charge in [0.05, 0.1) is 19.6 Å². The molecular formula is C18H20O3. The van der Waals surface area contributed by atoms with Crippen molar-refractivity contribution in [1.82, 2.24) is 0 Å². The van der Waals surface area contributed by atoms with Gasteiger partial charge in [-0.1, -0.05) is 36.4 Å². The molecule has 2 aromatic rings. The van der Waals surface area contributed by atoms with E-state index in [-0.39, 0.29) is 5.78 Å². The maximum Gasteiger partial charge on any atom is 0.180 e. The Morgan fingerprint density at radius 2 is 1.38 bits per heavy atom. The standard InChI is InChI=1S/C18H20O3/c1-18(2,13-9-6-5-7-10-13)17(19)16-14(20-3)11-8-12-15(16)21-4/h5-12H,1-4H3. The summed E-state index contributed by atoms with van der Waals surface area (Å²) >= 11 is 0. The highest BCUT2D eigenvalue weighted by Gasteiger charge is 2.34. The minimum Gasteiger partial charge on any atom is -0.496 e. The maximum atomic E-state index is 13.1. The SMILES string of the molecule is COc1cccc(OC)c1C(=O)C(C)(C)c1ccccc1. The molecule has 0 heterocycles. The Balaban J connectivity index is 2.54. The topological polar surface area (TPSA) is 35.5 Å². The van der Waals surface area contributed by atoms with Crippen molar-refractivity contribution < 1.29 is 14.3 Å². The van der Waals surface area contributed by atoms with E-state index in [9.17, 15) is 4.79 Å². The lowest BCUT2D eigenvalue weighted by Gasteiger charge is -2.25. The van der Waals surface area contributed by atoms with Crippen molar-refractivity contribution in [2.24, 2.45) is 0 Å². The van der Waals surface area contributed by atoms with Crippen molar-refractivity contribution in [3.63, 3.8) is 0 Å². The van der Waals surface area contributed by atoms with Gasteiger partial charge >= 0.3 is 0 Å². The molecule has 0 aliphatic carbocycles. The fourth-order valence-electron chi connectivity index (χ4n) is 2.37. The molecule has 3 nitrogen and oxygen atoms in total. The van der Waals surface area contributed by atoms with Gasteiger partial charge in [0.2, 0.25) is 0 Å². The average molecular weight is 284 g/mol. The molecule has 0 aromatic heterocycles. The van der Waals surface area contributed by atoms with Crippen molar-refractivity contribution >= 4 is 5.78 Å². The van der Waals surface area contributed by atoms with Crippen LogP contribution in [0.2, 0.25) is 0 Å². The summed E-state index contributed by atoms with van der Waals surface area (Å²) < 4.78 is 10.7. The quantitative estimate of drug-likeness (QED) is 0.782. The molecule has 0 radical (unpaired) electrons. The largest absolute Gasteiger partial charge is 0.496 e. The van der Waals surface area contributed by atoms with Gasteiger partial charge in [0.15, 0.2) is 5.78 Å². The van der Waals surface area contributed by atoms with E-state index in [1.807, 2.05) is 50.2 Å². The third-order valence-corrected chi connectivity index (χ3v) is 3.72. The number of methoxy groups -OCH3 is 2. The zero-order valence-corrected chi connectivity index (χ0v) is 12.8. The second kappa shape index (κ2) is 6.00. The molecule has 2 aromatic carbocycles. The first-order valence-corrected chi connectivity index (χ1v) is 6.83. The molecule has 0 fully saturated rings. The lowest BCUT2D eigenvalue weighted by Crippen LogP contribution is -2.29. The van der Waals surface area contributed by atoms with E-state index >= 15 is 0 Å². The summed E-state index contributed by atoms with van der Waals surface area (Å²) in [4.78, 5) is 13.1. The van der Waals surface area contributed by atoms with Crippen molar-refractivity contribution in [1.29, 1.82) is 0 Å². The molecule has 0 aliphatic rings. The van der Waals surface area contributed by atoms with Gasteiger partial charge in [-0.25, -0.2) is 0 Å². The average Bonchev–Trinajstić information content (AvgIpc) is 2.54. The monoisotopic (exact) mass is 284 g/mol. The minimum absolute atomic E-state index is 0.0250. The van der Waals surface area contributed by atoms with Crippen LogP contribution < -0.4 is 9.47 Å². The number of carbonyl (C=O) groups is 1. The number of hydrogen-bond acceptors (Lipinski definition) is 3. The Morgan fingerprint density at radius 1 is 0.857 bits per heavy atom. The number of hydrogen-bond donors (Lipinski definition) is 0. The number of benzene rings is 2. The zero-order valence-electron chi connectivity index (χ0n) is 12.8. The summed E-state index contributed by atoms with van der Waals surface area (Å²) in [7, 11) is 3.11. The number of ether oxygens (including phenoxy) is 2. The molecule has 0 aliphatic heterocycles. The van der Waals surface area contributed by atoms with Crippen LogP contribution in [0.25, 0.3) is 0 Å². The van der Waals surface area contributed by atoms with Crippen LogP contribution >= 0.6 is 0 Å². The predicted octanol–water partition coefficient (Wildman–Crippen LogP) is 3.86. The summed E-state index contributed by atoms with van der Waals surface area (Å²) in [5.41, 5.74) is 0.780.